The first-order chi connectivity index (χ1) is 15.7. The molecule has 180 valence electrons. The third kappa shape index (κ3) is 6.92. The molecule has 1 amide bonds. The van der Waals surface area contributed by atoms with Gasteiger partial charge in [-0.05, 0) is 49.2 Å². The highest BCUT2D eigenvalue weighted by Gasteiger charge is 2.25. The van der Waals surface area contributed by atoms with E-state index in [2.05, 4.69) is 5.32 Å². The molecule has 1 fully saturated rings. The van der Waals surface area contributed by atoms with Gasteiger partial charge in [0.05, 0.1) is 23.4 Å². The summed E-state index contributed by atoms with van der Waals surface area (Å²) in [6, 6.07) is 14.6. The number of sulfonamides is 2. The van der Waals surface area contributed by atoms with Crippen LogP contribution in [0.5, 0.6) is 5.75 Å². The molecule has 0 unspecified atom stereocenters. The highest BCUT2D eigenvalue weighted by molar-refractivity contribution is 7.92. The number of nitrogens with zero attached hydrogens (tertiary/aromatic N) is 2. The van der Waals surface area contributed by atoms with Gasteiger partial charge in [-0.2, -0.15) is 4.31 Å². The van der Waals surface area contributed by atoms with Crippen LogP contribution in [0.15, 0.2) is 59.5 Å². The van der Waals surface area contributed by atoms with Gasteiger partial charge in [-0.3, -0.25) is 9.10 Å². The quantitative estimate of drug-likeness (QED) is 0.503. The molecule has 3 rings (SSSR count). The zero-order chi connectivity index (χ0) is 23.9. The first-order valence-corrected chi connectivity index (χ1v) is 14.0. The Balaban J connectivity index is 1.48. The fraction of sp³-hybridized carbons (Fsp3) is 0.409. The van der Waals surface area contributed by atoms with Crippen molar-refractivity contribution in [1.29, 1.82) is 0 Å². The van der Waals surface area contributed by atoms with Crippen molar-refractivity contribution in [2.24, 2.45) is 0 Å². The second-order valence-electron chi connectivity index (χ2n) is 7.74. The summed E-state index contributed by atoms with van der Waals surface area (Å²) in [7, 11) is -7.12. The third-order valence-corrected chi connectivity index (χ3v) is 8.25. The molecule has 0 spiro atoms. The van der Waals surface area contributed by atoms with Crippen LogP contribution in [-0.4, -0.2) is 66.1 Å². The van der Waals surface area contributed by atoms with Gasteiger partial charge in [0.1, 0.15) is 18.9 Å². The minimum atomic E-state index is -3.62. The Morgan fingerprint density at radius 1 is 0.970 bits per heavy atom. The van der Waals surface area contributed by atoms with Crippen LogP contribution in [0.25, 0.3) is 0 Å². The van der Waals surface area contributed by atoms with Crippen LogP contribution >= 0.6 is 0 Å². The minimum Gasteiger partial charge on any atom is -0.492 e. The van der Waals surface area contributed by atoms with Gasteiger partial charge in [0.15, 0.2) is 0 Å². The molecule has 1 saturated heterocycles. The third-order valence-electron chi connectivity index (χ3n) is 5.20. The van der Waals surface area contributed by atoms with E-state index in [0.717, 1.165) is 29.8 Å². The lowest BCUT2D eigenvalue weighted by atomic mass is 10.2. The fourth-order valence-electron chi connectivity index (χ4n) is 3.50. The molecule has 0 saturated carbocycles. The molecule has 9 nitrogen and oxygen atoms in total. The summed E-state index contributed by atoms with van der Waals surface area (Å²) in [4.78, 5) is 12.5. The molecule has 2 aromatic carbocycles. The number of para-hydroxylation sites is 1. The Kier molecular flexibility index (Phi) is 8.33. The monoisotopic (exact) mass is 495 g/mol. The molecule has 1 aliphatic rings. The van der Waals surface area contributed by atoms with E-state index in [1.807, 2.05) is 0 Å². The molecule has 33 heavy (non-hydrogen) atoms. The molecule has 1 aliphatic heterocycles. The molecule has 0 atom stereocenters. The van der Waals surface area contributed by atoms with E-state index >= 15 is 0 Å². The first-order valence-electron chi connectivity index (χ1n) is 10.7. The van der Waals surface area contributed by atoms with Gasteiger partial charge in [0, 0.05) is 13.1 Å². The molecule has 0 radical (unpaired) electrons. The molecule has 11 heteroatoms. The maximum Gasteiger partial charge on any atom is 0.243 e. The van der Waals surface area contributed by atoms with E-state index in [-0.39, 0.29) is 24.6 Å². The second-order valence-corrected chi connectivity index (χ2v) is 11.6. The Labute approximate surface area is 195 Å². The Morgan fingerprint density at radius 3 is 2.21 bits per heavy atom. The molecule has 1 heterocycles. The van der Waals surface area contributed by atoms with Crippen molar-refractivity contribution in [3.05, 3.63) is 54.6 Å². The van der Waals surface area contributed by atoms with E-state index in [4.69, 9.17) is 4.74 Å². The normalized spacial score (nSPS) is 15.1. The van der Waals surface area contributed by atoms with Gasteiger partial charge < -0.3 is 10.1 Å². The fourth-order valence-corrected chi connectivity index (χ4v) is 5.88. The van der Waals surface area contributed by atoms with Gasteiger partial charge in [-0.1, -0.05) is 24.6 Å². The molecule has 2 aromatic rings. The number of amides is 1. The number of carbonyl (C=O) groups is 1. The van der Waals surface area contributed by atoms with Crippen LogP contribution < -0.4 is 14.4 Å². The predicted molar refractivity (Wildman–Crippen MR) is 126 cm³/mol. The van der Waals surface area contributed by atoms with Crippen LogP contribution in [0.1, 0.15) is 19.3 Å². The molecule has 0 bridgehead atoms. The Morgan fingerprint density at radius 2 is 1.61 bits per heavy atom. The largest absolute Gasteiger partial charge is 0.492 e. The van der Waals surface area contributed by atoms with Crippen molar-refractivity contribution >= 4 is 31.6 Å². The summed E-state index contributed by atoms with van der Waals surface area (Å²) in [6.45, 7) is 1.06. The minimum absolute atomic E-state index is 0.147. The second kappa shape index (κ2) is 11.0. The average molecular weight is 496 g/mol. The van der Waals surface area contributed by atoms with Gasteiger partial charge in [0.25, 0.3) is 0 Å². The topological polar surface area (TPSA) is 113 Å². The standard InChI is InChI=1S/C22H29N3O6S2/c1-32(27,28)25(19-8-4-2-5-9-19)18-22(26)23-14-17-31-20-10-12-21(13-11-20)33(29,30)24-15-6-3-7-16-24/h2,4-5,8-13H,3,6-7,14-18H2,1H3,(H,23,26). The highest BCUT2D eigenvalue weighted by atomic mass is 32.2. The van der Waals surface area contributed by atoms with Crippen LogP contribution in [-0.2, 0) is 24.8 Å². The number of piperidine rings is 1. The zero-order valence-electron chi connectivity index (χ0n) is 18.5. The lowest BCUT2D eigenvalue weighted by molar-refractivity contribution is -0.119. The maximum absolute atomic E-state index is 12.7. The SMILES string of the molecule is CS(=O)(=O)N(CC(=O)NCCOc1ccc(S(=O)(=O)N2CCCCC2)cc1)c1ccccc1. The van der Waals surface area contributed by atoms with E-state index in [9.17, 15) is 21.6 Å². The molecular formula is C22H29N3O6S2. The number of hydrogen-bond donors (Lipinski definition) is 1. The van der Waals surface area contributed by atoms with E-state index in [1.165, 1.54) is 16.4 Å². The summed E-state index contributed by atoms with van der Waals surface area (Å²) < 4.78 is 57.6. The Hall–Kier alpha value is -2.63. The lowest BCUT2D eigenvalue weighted by Gasteiger charge is -2.25. The van der Waals surface area contributed by atoms with Gasteiger partial charge >= 0.3 is 0 Å². The number of ether oxygens (including phenoxy) is 1. The van der Waals surface area contributed by atoms with Gasteiger partial charge in [-0.25, -0.2) is 16.8 Å². The Bertz CT molecular complexity index is 1130. The summed E-state index contributed by atoms with van der Waals surface area (Å²) >= 11 is 0. The zero-order valence-corrected chi connectivity index (χ0v) is 20.1. The number of anilines is 1. The number of hydrogen-bond acceptors (Lipinski definition) is 6. The highest BCUT2D eigenvalue weighted by Crippen LogP contribution is 2.22. The van der Waals surface area contributed by atoms with Gasteiger partial charge in [0.2, 0.25) is 26.0 Å². The summed E-state index contributed by atoms with van der Waals surface area (Å²) in [5, 5.41) is 2.63. The van der Waals surface area contributed by atoms with Crippen molar-refractivity contribution in [2.75, 3.05) is 43.3 Å². The maximum atomic E-state index is 12.7. The van der Waals surface area contributed by atoms with Crippen LogP contribution in [0, 0.1) is 0 Å². The molecule has 1 N–H and O–H groups in total. The molecular weight excluding hydrogens is 466 g/mol. The van der Waals surface area contributed by atoms with Crippen molar-refractivity contribution < 1.29 is 26.4 Å². The first kappa shape index (κ1) is 25.0. The summed E-state index contributed by atoms with van der Waals surface area (Å²) in [5.74, 6) is 0.0137. The van der Waals surface area contributed by atoms with Crippen molar-refractivity contribution in [3.63, 3.8) is 0 Å². The van der Waals surface area contributed by atoms with E-state index in [0.29, 0.717) is 24.5 Å². The molecule has 0 aliphatic carbocycles. The van der Waals surface area contributed by atoms with Crippen LogP contribution in [0.4, 0.5) is 5.69 Å². The smallest absolute Gasteiger partial charge is 0.243 e. The van der Waals surface area contributed by atoms with Crippen molar-refractivity contribution in [2.45, 2.75) is 24.2 Å². The summed E-state index contributed by atoms with van der Waals surface area (Å²) in [5.41, 5.74) is 0.408. The number of rotatable bonds is 10. The van der Waals surface area contributed by atoms with Crippen LogP contribution in [0.3, 0.4) is 0 Å². The number of benzene rings is 2. The number of carbonyl (C=O) groups excluding carboxylic acids is 1. The van der Waals surface area contributed by atoms with E-state index in [1.54, 1.807) is 42.5 Å². The average Bonchev–Trinajstić information content (AvgIpc) is 2.81. The van der Waals surface area contributed by atoms with Crippen LogP contribution in [0.2, 0.25) is 0 Å². The van der Waals surface area contributed by atoms with Crippen molar-refractivity contribution in [3.8, 4) is 5.75 Å². The number of nitrogens with one attached hydrogen (secondary N) is 1. The summed E-state index contributed by atoms with van der Waals surface area (Å²) in [6.07, 6.45) is 3.85. The van der Waals surface area contributed by atoms with Crippen molar-refractivity contribution in [1.82, 2.24) is 9.62 Å². The van der Waals surface area contributed by atoms with Gasteiger partial charge in [-0.15, -0.1) is 0 Å². The molecule has 0 aromatic heterocycles. The predicted octanol–water partition coefficient (Wildman–Crippen LogP) is 1.82. The van der Waals surface area contributed by atoms with E-state index < -0.39 is 26.0 Å². The lowest BCUT2D eigenvalue weighted by Crippen LogP contribution is -2.41.